The number of amides is 1. The summed E-state index contributed by atoms with van der Waals surface area (Å²) in [5.41, 5.74) is 8.07. The summed E-state index contributed by atoms with van der Waals surface area (Å²) in [5, 5.41) is 8.99. The molecule has 20 heavy (non-hydrogen) atoms. The molecule has 3 N–H and O–H groups in total. The van der Waals surface area contributed by atoms with E-state index in [9.17, 15) is 4.79 Å². The Morgan fingerprint density at radius 2 is 2.10 bits per heavy atom. The molecule has 1 fully saturated rings. The number of hydrogen-bond acceptors (Lipinski definition) is 4. The van der Waals surface area contributed by atoms with Gasteiger partial charge in [-0.15, -0.1) is 0 Å². The number of aliphatic hydroxyl groups is 1. The second kappa shape index (κ2) is 6.72. The lowest BCUT2D eigenvalue weighted by atomic mass is 10.1. The maximum Gasteiger partial charge on any atom is 0.254 e. The Labute approximate surface area is 120 Å². The Kier molecular flexibility index (Phi) is 4.98. The van der Waals surface area contributed by atoms with E-state index in [4.69, 9.17) is 10.8 Å². The van der Waals surface area contributed by atoms with Crippen LogP contribution in [-0.4, -0.2) is 60.1 Å². The average molecular weight is 277 g/mol. The smallest absolute Gasteiger partial charge is 0.254 e. The third kappa shape index (κ3) is 3.49. The number of carbonyl (C=O) groups excluding carboxylic acids is 1. The first-order chi connectivity index (χ1) is 9.61. The zero-order valence-electron chi connectivity index (χ0n) is 12.0. The summed E-state index contributed by atoms with van der Waals surface area (Å²) in [6, 6.07) is 5.42. The van der Waals surface area contributed by atoms with Crippen molar-refractivity contribution < 1.29 is 9.90 Å². The summed E-state index contributed by atoms with van der Waals surface area (Å²) in [7, 11) is 0. The molecule has 0 aliphatic carbocycles. The fourth-order valence-corrected chi connectivity index (χ4v) is 2.64. The molecule has 0 spiro atoms. The Balaban J connectivity index is 2.05. The number of rotatable bonds is 3. The van der Waals surface area contributed by atoms with Gasteiger partial charge in [0.05, 0.1) is 6.61 Å². The first kappa shape index (κ1) is 14.8. The van der Waals surface area contributed by atoms with Crippen molar-refractivity contribution in [3.63, 3.8) is 0 Å². The zero-order chi connectivity index (χ0) is 14.5. The van der Waals surface area contributed by atoms with Gasteiger partial charge in [-0.05, 0) is 43.7 Å². The highest BCUT2D eigenvalue weighted by atomic mass is 16.3. The van der Waals surface area contributed by atoms with Crippen molar-refractivity contribution in [1.29, 1.82) is 0 Å². The predicted octanol–water partition coefficient (Wildman–Crippen LogP) is 0.717. The van der Waals surface area contributed by atoms with Gasteiger partial charge in [0.2, 0.25) is 0 Å². The van der Waals surface area contributed by atoms with Crippen molar-refractivity contribution in [2.45, 2.75) is 13.3 Å². The highest BCUT2D eigenvalue weighted by Crippen LogP contribution is 2.16. The number of aliphatic hydroxyl groups excluding tert-OH is 1. The summed E-state index contributed by atoms with van der Waals surface area (Å²) >= 11 is 0. The van der Waals surface area contributed by atoms with E-state index in [2.05, 4.69) is 4.90 Å². The Bertz CT molecular complexity index is 476. The van der Waals surface area contributed by atoms with Gasteiger partial charge in [-0.25, -0.2) is 0 Å². The number of nitrogens with two attached hydrogens (primary N) is 1. The number of anilines is 1. The minimum atomic E-state index is 0.0772. The molecular weight excluding hydrogens is 254 g/mol. The van der Waals surface area contributed by atoms with Gasteiger partial charge in [-0.1, -0.05) is 0 Å². The van der Waals surface area contributed by atoms with E-state index in [1.165, 1.54) is 0 Å². The van der Waals surface area contributed by atoms with Crippen LogP contribution in [0.25, 0.3) is 0 Å². The van der Waals surface area contributed by atoms with E-state index in [0.29, 0.717) is 18.8 Å². The SMILES string of the molecule is Cc1cc(N)ccc1C(=O)N1CCCN(CCO)CC1. The minimum absolute atomic E-state index is 0.0772. The molecule has 1 saturated heterocycles. The van der Waals surface area contributed by atoms with Crippen molar-refractivity contribution in [3.05, 3.63) is 29.3 Å². The molecule has 0 bridgehead atoms. The highest BCUT2D eigenvalue weighted by Gasteiger charge is 2.21. The van der Waals surface area contributed by atoms with Gasteiger partial charge >= 0.3 is 0 Å². The lowest BCUT2D eigenvalue weighted by Crippen LogP contribution is -2.36. The molecule has 5 nitrogen and oxygen atoms in total. The second-order valence-electron chi connectivity index (χ2n) is 5.29. The monoisotopic (exact) mass is 277 g/mol. The largest absolute Gasteiger partial charge is 0.399 e. The first-order valence-electron chi connectivity index (χ1n) is 7.10. The fourth-order valence-electron chi connectivity index (χ4n) is 2.64. The lowest BCUT2D eigenvalue weighted by molar-refractivity contribution is 0.0760. The van der Waals surface area contributed by atoms with E-state index < -0.39 is 0 Å². The van der Waals surface area contributed by atoms with Crippen LogP contribution in [0.1, 0.15) is 22.3 Å². The Morgan fingerprint density at radius 1 is 1.30 bits per heavy atom. The summed E-state index contributed by atoms with van der Waals surface area (Å²) in [4.78, 5) is 16.7. The molecule has 1 amide bonds. The van der Waals surface area contributed by atoms with Crippen LogP contribution in [0.2, 0.25) is 0 Å². The van der Waals surface area contributed by atoms with Crippen LogP contribution in [0.4, 0.5) is 5.69 Å². The van der Waals surface area contributed by atoms with Crippen LogP contribution in [0.15, 0.2) is 18.2 Å². The fraction of sp³-hybridized carbons (Fsp3) is 0.533. The van der Waals surface area contributed by atoms with E-state index in [1.807, 2.05) is 24.0 Å². The van der Waals surface area contributed by atoms with Crippen LogP contribution in [0.5, 0.6) is 0 Å². The second-order valence-corrected chi connectivity index (χ2v) is 5.29. The molecule has 0 aromatic heterocycles. The summed E-state index contributed by atoms with van der Waals surface area (Å²) in [5.74, 6) is 0.0772. The molecular formula is C15H23N3O2. The average Bonchev–Trinajstić information content (AvgIpc) is 2.64. The summed E-state index contributed by atoms with van der Waals surface area (Å²) in [6.07, 6.45) is 0.944. The molecule has 1 aliphatic rings. The van der Waals surface area contributed by atoms with Crippen molar-refractivity contribution in [1.82, 2.24) is 9.80 Å². The number of benzene rings is 1. The maximum absolute atomic E-state index is 12.6. The third-order valence-electron chi connectivity index (χ3n) is 3.77. The van der Waals surface area contributed by atoms with Gasteiger partial charge in [0.1, 0.15) is 0 Å². The molecule has 0 atom stereocenters. The Hall–Kier alpha value is -1.59. The summed E-state index contributed by atoms with van der Waals surface area (Å²) < 4.78 is 0. The number of hydrogen-bond donors (Lipinski definition) is 2. The van der Waals surface area contributed by atoms with Crippen molar-refractivity contribution in [2.75, 3.05) is 45.1 Å². The van der Waals surface area contributed by atoms with Crippen LogP contribution >= 0.6 is 0 Å². The van der Waals surface area contributed by atoms with Gasteiger partial charge < -0.3 is 15.7 Å². The molecule has 5 heteroatoms. The van der Waals surface area contributed by atoms with Crippen molar-refractivity contribution >= 4 is 11.6 Å². The maximum atomic E-state index is 12.6. The highest BCUT2D eigenvalue weighted by molar-refractivity contribution is 5.96. The molecule has 2 rings (SSSR count). The van der Waals surface area contributed by atoms with Crippen LogP contribution < -0.4 is 5.73 Å². The summed E-state index contributed by atoms with van der Waals surface area (Å²) in [6.45, 7) is 6.01. The topological polar surface area (TPSA) is 69.8 Å². The lowest BCUT2D eigenvalue weighted by Gasteiger charge is -2.22. The first-order valence-corrected chi connectivity index (χ1v) is 7.10. The normalized spacial score (nSPS) is 17.0. The number of carbonyl (C=O) groups is 1. The van der Waals surface area contributed by atoms with Crippen molar-refractivity contribution in [2.24, 2.45) is 0 Å². The standard InChI is InChI=1S/C15H23N3O2/c1-12-11-13(16)3-4-14(12)15(20)18-6-2-5-17(7-8-18)9-10-19/h3-4,11,19H,2,5-10,16H2,1H3. The predicted molar refractivity (Wildman–Crippen MR) is 79.6 cm³/mol. The quantitative estimate of drug-likeness (QED) is 0.799. The van der Waals surface area contributed by atoms with Gasteiger partial charge in [-0.3, -0.25) is 9.69 Å². The molecule has 0 saturated carbocycles. The number of nitrogen functional groups attached to an aromatic ring is 1. The van der Waals surface area contributed by atoms with Crippen LogP contribution in [0.3, 0.4) is 0 Å². The van der Waals surface area contributed by atoms with Crippen LogP contribution in [0, 0.1) is 6.92 Å². The molecule has 1 heterocycles. The molecule has 0 radical (unpaired) electrons. The zero-order valence-corrected chi connectivity index (χ0v) is 12.0. The number of β-amino-alcohol motifs (C(OH)–C–C–N with tert-alkyl or cyclic N) is 1. The molecule has 1 aromatic carbocycles. The molecule has 1 aromatic rings. The van der Waals surface area contributed by atoms with Gasteiger partial charge in [0, 0.05) is 37.4 Å². The van der Waals surface area contributed by atoms with Gasteiger partial charge in [-0.2, -0.15) is 0 Å². The van der Waals surface area contributed by atoms with E-state index in [0.717, 1.165) is 37.2 Å². The van der Waals surface area contributed by atoms with E-state index >= 15 is 0 Å². The number of aryl methyl sites for hydroxylation is 1. The number of nitrogens with zero attached hydrogens (tertiary/aromatic N) is 2. The Morgan fingerprint density at radius 3 is 2.80 bits per heavy atom. The van der Waals surface area contributed by atoms with Crippen LogP contribution in [-0.2, 0) is 0 Å². The molecule has 0 unspecified atom stereocenters. The molecule has 110 valence electrons. The van der Waals surface area contributed by atoms with Crippen molar-refractivity contribution in [3.8, 4) is 0 Å². The van der Waals surface area contributed by atoms with E-state index in [1.54, 1.807) is 6.07 Å². The van der Waals surface area contributed by atoms with Gasteiger partial charge in [0.25, 0.3) is 5.91 Å². The van der Waals surface area contributed by atoms with Gasteiger partial charge in [0.15, 0.2) is 0 Å². The third-order valence-corrected chi connectivity index (χ3v) is 3.77. The molecule has 1 aliphatic heterocycles. The van der Waals surface area contributed by atoms with E-state index in [-0.39, 0.29) is 12.5 Å². The minimum Gasteiger partial charge on any atom is -0.399 e.